The van der Waals surface area contributed by atoms with Gasteiger partial charge in [0, 0.05) is 17.3 Å². The Labute approximate surface area is 87.3 Å². The van der Waals surface area contributed by atoms with E-state index in [1.807, 2.05) is 31.2 Å². The minimum Gasteiger partial charge on any atom is -0.299 e. The molecule has 0 aliphatic carbocycles. The molecule has 0 radical (unpaired) electrons. The van der Waals surface area contributed by atoms with Crippen LogP contribution in [0.5, 0.6) is 0 Å². The standard InChI is InChI=1S/C11H13BrO/c1-2-5-10(13)8-9-6-3-4-7-11(9)12/h3-4,6-7H,2,5,8H2,1H3. The predicted octanol–water partition coefficient (Wildman–Crippen LogP) is 3.36. The van der Waals surface area contributed by atoms with Crippen molar-refractivity contribution in [3.05, 3.63) is 34.3 Å². The Hall–Kier alpha value is -0.630. The van der Waals surface area contributed by atoms with Crippen LogP contribution in [0.4, 0.5) is 0 Å². The topological polar surface area (TPSA) is 17.1 Å². The smallest absolute Gasteiger partial charge is 0.137 e. The third-order valence-electron chi connectivity index (χ3n) is 1.87. The summed E-state index contributed by atoms with van der Waals surface area (Å²) in [5.41, 5.74) is 1.08. The molecule has 70 valence electrons. The van der Waals surface area contributed by atoms with Crippen LogP contribution >= 0.6 is 15.9 Å². The number of hydrogen-bond donors (Lipinski definition) is 0. The summed E-state index contributed by atoms with van der Waals surface area (Å²) in [5.74, 6) is 0.314. The maximum absolute atomic E-state index is 11.3. The number of carbonyl (C=O) groups is 1. The molecule has 0 amide bonds. The summed E-state index contributed by atoms with van der Waals surface area (Å²) in [7, 11) is 0. The van der Waals surface area contributed by atoms with Gasteiger partial charge in [-0.3, -0.25) is 4.79 Å². The monoisotopic (exact) mass is 240 g/mol. The van der Waals surface area contributed by atoms with Crippen LogP contribution in [-0.4, -0.2) is 5.78 Å². The highest BCUT2D eigenvalue weighted by atomic mass is 79.9. The maximum atomic E-state index is 11.3. The van der Waals surface area contributed by atoms with Crippen LogP contribution in [0.2, 0.25) is 0 Å². The lowest BCUT2D eigenvalue weighted by atomic mass is 10.1. The van der Waals surface area contributed by atoms with Crippen LogP contribution in [0.15, 0.2) is 28.7 Å². The molecule has 1 aromatic rings. The third kappa shape index (κ3) is 3.31. The van der Waals surface area contributed by atoms with Gasteiger partial charge in [0.2, 0.25) is 0 Å². The summed E-state index contributed by atoms with van der Waals surface area (Å²) in [6.07, 6.45) is 2.17. The van der Waals surface area contributed by atoms with Crippen LogP contribution in [0, 0.1) is 0 Å². The molecule has 0 atom stereocenters. The van der Waals surface area contributed by atoms with E-state index in [0.717, 1.165) is 16.5 Å². The van der Waals surface area contributed by atoms with Gasteiger partial charge in [0.25, 0.3) is 0 Å². The molecular weight excluding hydrogens is 228 g/mol. The minimum absolute atomic E-state index is 0.314. The minimum atomic E-state index is 0.314. The molecule has 0 heterocycles. The van der Waals surface area contributed by atoms with Crippen LogP contribution in [0.25, 0.3) is 0 Å². The zero-order valence-electron chi connectivity index (χ0n) is 7.72. The van der Waals surface area contributed by atoms with Gasteiger partial charge in [0.15, 0.2) is 0 Å². The number of carbonyl (C=O) groups excluding carboxylic acids is 1. The van der Waals surface area contributed by atoms with Gasteiger partial charge < -0.3 is 0 Å². The van der Waals surface area contributed by atoms with Crippen molar-refractivity contribution in [2.45, 2.75) is 26.2 Å². The van der Waals surface area contributed by atoms with Gasteiger partial charge in [0.05, 0.1) is 0 Å². The summed E-state index contributed by atoms with van der Waals surface area (Å²) < 4.78 is 1.03. The number of hydrogen-bond acceptors (Lipinski definition) is 1. The van der Waals surface area contributed by atoms with Gasteiger partial charge >= 0.3 is 0 Å². The maximum Gasteiger partial charge on any atom is 0.137 e. The largest absolute Gasteiger partial charge is 0.299 e. The van der Waals surface area contributed by atoms with E-state index in [1.165, 1.54) is 0 Å². The number of ketones is 1. The summed E-state index contributed by atoms with van der Waals surface area (Å²) in [6, 6.07) is 7.86. The van der Waals surface area contributed by atoms with Crippen molar-refractivity contribution in [1.29, 1.82) is 0 Å². The molecule has 0 saturated carbocycles. The highest BCUT2D eigenvalue weighted by Gasteiger charge is 2.04. The molecule has 0 unspecified atom stereocenters. The van der Waals surface area contributed by atoms with Crippen molar-refractivity contribution in [3.8, 4) is 0 Å². The molecule has 1 nitrogen and oxygen atoms in total. The number of halogens is 1. The predicted molar refractivity (Wildman–Crippen MR) is 57.8 cm³/mol. The molecule has 0 aromatic heterocycles. The summed E-state index contributed by atoms with van der Waals surface area (Å²) >= 11 is 3.42. The van der Waals surface area contributed by atoms with Crippen molar-refractivity contribution in [2.75, 3.05) is 0 Å². The Balaban J connectivity index is 2.63. The van der Waals surface area contributed by atoms with Crippen LogP contribution in [-0.2, 0) is 11.2 Å². The number of Topliss-reactive ketones (excluding diaryl/α,β-unsaturated/α-hetero) is 1. The molecule has 0 aliphatic heterocycles. The van der Waals surface area contributed by atoms with Crippen molar-refractivity contribution in [2.24, 2.45) is 0 Å². The molecule has 0 spiro atoms. The van der Waals surface area contributed by atoms with Crippen molar-refractivity contribution >= 4 is 21.7 Å². The second kappa shape index (κ2) is 5.18. The molecule has 1 aromatic carbocycles. The average molecular weight is 241 g/mol. The molecular formula is C11H13BrO. The zero-order chi connectivity index (χ0) is 9.68. The van der Waals surface area contributed by atoms with Gasteiger partial charge in [-0.05, 0) is 18.1 Å². The van der Waals surface area contributed by atoms with Gasteiger partial charge in [-0.15, -0.1) is 0 Å². The lowest BCUT2D eigenvalue weighted by Crippen LogP contribution is -2.02. The van der Waals surface area contributed by atoms with Crippen molar-refractivity contribution < 1.29 is 4.79 Å². The Morgan fingerprint density at radius 1 is 1.38 bits per heavy atom. The van der Waals surface area contributed by atoms with Crippen LogP contribution in [0.3, 0.4) is 0 Å². The first-order valence-corrected chi connectivity index (χ1v) is 5.28. The van der Waals surface area contributed by atoms with Gasteiger partial charge in [-0.2, -0.15) is 0 Å². The first-order valence-electron chi connectivity index (χ1n) is 4.49. The zero-order valence-corrected chi connectivity index (χ0v) is 9.30. The third-order valence-corrected chi connectivity index (χ3v) is 2.65. The van der Waals surface area contributed by atoms with Crippen LogP contribution in [0.1, 0.15) is 25.3 Å². The molecule has 0 N–H and O–H groups in total. The first-order chi connectivity index (χ1) is 6.24. The Kier molecular flexibility index (Phi) is 4.16. The fraction of sp³-hybridized carbons (Fsp3) is 0.364. The summed E-state index contributed by atoms with van der Waals surface area (Å²) in [6.45, 7) is 2.03. The fourth-order valence-corrected chi connectivity index (χ4v) is 1.65. The van der Waals surface area contributed by atoms with E-state index in [-0.39, 0.29) is 0 Å². The summed E-state index contributed by atoms with van der Waals surface area (Å²) in [5, 5.41) is 0. The number of benzene rings is 1. The lowest BCUT2D eigenvalue weighted by molar-refractivity contribution is -0.118. The molecule has 2 heteroatoms. The molecule has 0 fully saturated rings. The van der Waals surface area contributed by atoms with E-state index in [9.17, 15) is 4.79 Å². The Morgan fingerprint density at radius 2 is 2.08 bits per heavy atom. The van der Waals surface area contributed by atoms with E-state index < -0.39 is 0 Å². The van der Waals surface area contributed by atoms with E-state index in [2.05, 4.69) is 15.9 Å². The Bertz CT molecular complexity index is 294. The van der Waals surface area contributed by atoms with Gasteiger partial charge in [0.1, 0.15) is 5.78 Å². The SMILES string of the molecule is CCCC(=O)Cc1ccccc1Br. The molecule has 1 rings (SSSR count). The quantitative estimate of drug-likeness (QED) is 0.789. The highest BCUT2D eigenvalue weighted by molar-refractivity contribution is 9.10. The second-order valence-corrected chi connectivity index (χ2v) is 3.91. The fourth-order valence-electron chi connectivity index (χ4n) is 1.22. The van der Waals surface area contributed by atoms with E-state index >= 15 is 0 Å². The van der Waals surface area contributed by atoms with E-state index in [0.29, 0.717) is 18.6 Å². The number of rotatable bonds is 4. The molecule has 0 bridgehead atoms. The van der Waals surface area contributed by atoms with E-state index in [1.54, 1.807) is 0 Å². The highest BCUT2D eigenvalue weighted by Crippen LogP contribution is 2.16. The van der Waals surface area contributed by atoms with E-state index in [4.69, 9.17) is 0 Å². The molecule has 0 saturated heterocycles. The van der Waals surface area contributed by atoms with Gasteiger partial charge in [-0.25, -0.2) is 0 Å². The molecule has 13 heavy (non-hydrogen) atoms. The lowest BCUT2D eigenvalue weighted by Gasteiger charge is -2.01. The molecule has 0 aliphatic rings. The summed E-state index contributed by atoms with van der Waals surface area (Å²) in [4.78, 5) is 11.3. The van der Waals surface area contributed by atoms with Crippen molar-refractivity contribution in [3.63, 3.8) is 0 Å². The van der Waals surface area contributed by atoms with Crippen molar-refractivity contribution in [1.82, 2.24) is 0 Å². The Morgan fingerprint density at radius 3 is 2.69 bits per heavy atom. The second-order valence-electron chi connectivity index (χ2n) is 3.06. The average Bonchev–Trinajstić information content (AvgIpc) is 2.09. The first kappa shape index (κ1) is 10.5. The van der Waals surface area contributed by atoms with Gasteiger partial charge in [-0.1, -0.05) is 41.1 Å². The normalized spacial score (nSPS) is 10.0. The van der Waals surface area contributed by atoms with Crippen LogP contribution < -0.4 is 0 Å².